The highest BCUT2D eigenvalue weighted by Crippen LogP contribution is 2.23. The molecule has 0 aliphatic heterocycles. The summed E-state index contributed by atoms with van der Waals surface area (Å²) in [7, 11) is 0. The zero-order chi connectivity index (χ0) is 9.42. The molecule has 0 amide bonds. The van der Waals surface area contributed by atoms with E-state index in [1.807, 2.05) is 13.0 Å². The van der Waals surface area contributed by atoms with E-state index >= 15 is 0 Å². The van der Waals surface area contributed by atoms with Gasteiger partial charge in [0.1, 0.15) is 0 Å². The molecule has 0 atom stereocenters. The van der Waals surface area contributed by atoms with Gasteiger partial charge >= 0.3 is 0 Å². The molecule has 0 radical (unpaired) electrons. The minimum atomic E-state index is 0.734. The number of pyridine rings is 1. The number of fused-ring (bicyclic) bond motifs is 1. The second kappa shape index (κ2) is 3.00. The van der Waals surface area contributed by atoms with Crippen molar-refractivity contribution < 1.29 is 0 Å². The molecule has 0 spiro atoms. The van der Waals surface area contributed by atoms with Gasteiger partial charge in [0.25, 0.3) is 0 Å². The van der Waals surface area contributed by atoms with E-state index in [4.69, 9.17) is 11.6 Å². The first-order valence-electron chi connectivity index (χ1n) is 4.20. The van der Waals surface area contributed by atoms with Crippen LogP contribution < -0.4 is 0 Å². The van der Waals surface area contributed by atoms with E-state index < -0.39 is 0 Å². The quantitative estimate of drug-likeness (QED) is 0.621. The summed E-state index contributed by atoms with van der Waals surface area (Å²) in [5, 5.41) is 1.88. The van der Waals surface area contributed by atoms with Crippen LogP contribution in [0.3, 0.4) is 0 Å². The van der Waals surface area contributed by atoms with Crippen molar-refractivity contribution in [2.24, 2.45) is 0 Å². The molecule has 0 aliphatic rings. The van der Waals surface area contributed by atoms with Crippen molar-refractivity contribution >= 4 is 22.5 Å². The Morgan fingerprint density at radius 2 is 2.00 bits per heavy atom. The molecule has 1 nitrogen and oxygen atoms in total. The maximum Gasteiger partial charge on any atom is 0.0705 e. The van der Waals surface area contributed by atoms with E-state index in [2.05, 4.69) is 24.0 Å². The normalized spacial score (nSPS) is 10.7. The summed E-state index contributed by atoms with van der Waals surface area (Å²) >= 11 is 5.98. The van der Waals surface area contributed by atoms with Crippen LogP contribution in [-0.4, -0.2) is 4.98 Å². The van der Waals surface area contributed by atoms with Gasteiger partial charge in [0.05, 0.1) is 10.5 Å². The first kappa shape index (κ1) is 8.52. The van der Waals surface area contributed by atoms with Crippen LogP contribution in [0.1, 0.15) is 11.1 Å². The first-order valence-corrected chi connectivity index (χ1v) is 4.58. The standard InChI is InChI=1S/C11H10ClN/c1-7-3-4-11-9(5-7)8(2)10(12)6-13-11/h3-6H,1-2H3. The van der Waals surface area contributed by atoms with Crippen molar-refractivity contribution in [2.45, 2.75) is 13.8 Å². The number of aromatic nitrogens is 1. The summed E-state index contributed by atoms with van der Waals surface area (Å²) in [6.45, 7) is 4.09. The van der Waals surface area contributed by atoms with Crippen LogP contribution in [0.25, 0.3) is 10.9 Å². The van der Waals surface area contributed by atoms with Gasteiger partial charge in [-0.1, -0.05) is 23.2 Å². The number of aryl methyl sites for hydroxylation is 2. The molecule has 0 aliphatic carbocycles. The Hall–Kier alpha value is -1.08. The Kier molecular flexibility index (Phi) is 1.97. The Balaban J connectivity index is 2.89. The number of nitrogens with zero attached hydrogens (tertiary/aromatic N) is 1. The molecule has 0 bridgehead atoms. The zero-order valence-corrected chi connectivity index (χ0v) is 8.39. The van der Waals surface area contributed by atoms with Crippen molar-refractivity contribution in [3.63, 3.8) is 0 Å². The fourth-order valence-electron chi connectivity index (χ4n) is 1.41. The molecule has 1 aromatic heterocycles. The van der Waals surface area contributed by atoms with Gasteiger partial charge in [0, 0.05) is 11.6 Å². The van der Waals surface area contributed by atoms with Gasteiger partial charge in [-0.05, 0) is 31.5 Å². The monoisotopic (exact) mass is 191 g/mol. The fraction of sp³-hybridized carbons (Fsp3) is 0.182. The van der Waals surface area contributed by atoms with Gasteiger partial charge in [-0.25, -0.2) is 0 Å². The van der Waals surface area contributed by atoms with Crippen LogP contribution in [0.15, 0.2) is 24.4 Å². The molecule has 13 heavy (non-hydrogen) atoms. The zero-order valence-electron chi connectivity index (χ0n) is 7.63. The van der Waals surface area contributed by atoms with Gasteiger partial charge < -0.3 is 0 Å². The minimum absolute atomic E-state index is 0.734. The van der Waals surface area contributed by atoms with E-state index in [9.17, 15) is 0 Å². The maximum atomic E-state index is 5.98. The molecule has 0 unspecified atom stereocenters. The third-order valence-corrected chi connectivity index (χ3v) is 2.61. The summed E-state index contributed by atoms with van der Waals surface area (Å²) < 4.78 is 0. The van der Waals surface area contributed by atoms with E-state index in [1.54, 1.807) is 6.20 Å². The summed E-state index contributed by atoms with van der Waals surface area (Å²) in [4.78, 5) is 4.25. The highest BCUT2D eigenvalue weighted by Gasteiger charge is 2.02. The van der Waals surface area contributed by atoms with Crippen molar-refractivity contribution in [1.82, 2.24) is 4.98 Å². The van der Waals surface area contributed by atoms with Crippen LogP contribution in [0.2, 0.25) is 5.02 Å². The van der Waals surface area contributed by atoms with Crippen molar-refractivity contribution in [3.8, 4) is 0 Å². The van der Waals surface area contributed by atoms with E-state index in [1.165, 1.54) is 5.56 Å². The third-order valence-electron chi connectivity index (χ3n) is 2.23. The van der Waals surface area contributed by atoms with E-state index in [0.717, 1.165) is 21.5 Å². The van der Waals surface area contributed by atoms with Crippen LogP contribution in [0.4, 0.5) is 0 Å². The van der Waals surface area contributed by atoms with Crippen molar-refractivity contribution in [2.75, 3.05) is 0 Å². The number of halogens is 1. The van der Waals surface area contributed by atoms with E-state index in [0.29, 0.717) is 0 Å². The summed E-state index contributed by atoms with van der Waals surface area (Å²) in [5.74, 6) is 0. The Labute approximate surface area is 82.4 Å². The summed E-state index contributed by atoms with van der Waals surface area (Å²) in [5.41, 5.74) is 3.35. The highest BCUT2D eigenvalue weighted by atomic mass is 35.5. The molecule has 1 heterocycles. The second-order valence-corrected chi connectivity index (χ2v) is 3.66. The predicted molar refractivity (Wildman–Crippen MR) is 56.2 cm³/mol. The van der Waals surface area contributed by atoms with Crippen LogP contribution >= 0.6 is 11.6 Å². The molecule has 2 aromatic rings. The van der Waals surface area contributed by atoms with Crippen molar-refractivity contribution in [3.05, 3.63) is 40.5 Å². The predicted octanol–water partition coefficient (Wildman–Crippen LogP) is 3.51. The lowest BCUT2D eigenvalue weighted by molar-refractivity contribution is 1.35. The molecule has 0 fully saturated rings. The smallest absolute Gasteiger partial charge is 0.0705 e. The Morgan fingerprint density at radius 3 is 2.77 bits per heavy atom. The number of rotatable bonds is 0. The first-order chi connectivity index (χ1) is 6.18. The molecule has 66 valence electrons. The summed E-state index contributed by atoms with van der Waals surface area (Å²) in [6, 6.07) is 6.19. The van der Waals surface area contributed by atoms with Crippen molar-refractivity contribution in [1.29, 1.82) is 0 Å². The number of hydrogen-bond acceptors (Lipinski definition) is 1. The molecule has 0 saturated carbocycles. The number of hydrogen-bond donors (Lipinski definition) is 0. The molecular weight excluding hydrogens is 182 g/mol. The van der Waals surface area contributed by atoms with Gasteiger partial charge in [-0.15, -0.1) is 0 Å². The molecule has 0 saturated heterocycles. The van der Waals surface area contributed by atoms with E-state index in [-0.39, 0.29) is 0 Å². The molecule has 2 heteroatoms. The largest absolute Gasteiger partial charge is 0.255 e. The van der Waals surface area contributed by atoms with Gasteiger partial charge in [-0.2, -0.15) is 0 Å². The summed E-state index contributed by atoms with van der Waals surface area (Å²) in [6.07, 6.45) is 1.70. The van der Waals surface area contributed by atoms with Crippen LogP contribution in [0, 0.1) is 13.8 Å². The molecule has 2 rings (SSSR count). The Bertz CT molecular complexity index is 458. The minimum Gasteiger partial charge on any atom is -0.255 e. The number of benzene rings is 1. The second-order valence-electron chi connectivity index (χ2n) is 3.25. The van der Waals surface area contributed by atoms with Crippen LogP contribution in [0.5, 0.6) is 0 Å². The third kappa shape index (κ3) is 1.40. The topological polar surface area (TPSA) is 12.9 Å². The average Bonchev–Trinajstić information content (AvgIpc) is 2.12. The lowest BCUT2D eigenvalue weighted by Gasteiger charge is -2.03. The highest BCUT2D eigenvalue weighted by molar-refractivity contribution is 6.32. The maximum absolute atomic E-state index is 5.98. The van der Waals surface area contributed by atoms with Crippen LogP contribution in [-0.2, 0) is 0 Å². The Morgan fingerprint density at radius 1 is 1.23 bits per heavy atom. The SMILES string of the molecule is Cc1ccc2ncc(Cl)c(C)c2c1. The van der Waals surface area contributed by atoms with Gasteiger partial charge in [0.15, 0.2) is 0 Å². The molecule has 1 aromatic carbocycles. The average molecular weight is 192 g/mol. The lowest BCUT2D eigenvalue weighted by Crippen LogP contribution is -1.85. The molecular formula is C11H10ClN. The fourth-order valence-corrected chi connectivity index (χ4v) is 1.57. The van der Waals surface area contributed by atoms with Gasteiger partial charge in [0.2, 0.25) is 0 Å². The molecule has 0 N–H and O–H groups in total. The lowest BCUT2D eigenvalue weighted by atomic mass is 10.1. The van der Waals surface area contributed by atoms with Gasteiger partial charge in [-0.3, -0.25) is 4.98 Å².